The first kappa shape index (κ1) is 27.0. The highest BCUT2D eigenvalue weighted by molar-refractivity contribution is 8.01. The molecule has 38 heavy (non-hydrogen) atoms. The number of amides is 2. The summed E-state index contributed by atoms with van der Waals surface area (Å²) in [7, 11) is 1.70. The molecule has 1 fully saturated rings. The molecular weight excluding hydrogens is 554 g/mol. The van der Waals surface area contributed by atoms with Gasteiger partial charge in [-0.2, -0.15) is 0 Å². The van der Waals surface area contributed by atoms with Gasteiger partial charge in [-0.25, -0.2) is 9.55 Å². The molecule has 0 bridgehead atoms. The predicted molar refractivity (Wildman–Crippen MR) is 140 cm³/mol. The molecule has 2 amide bonds. The number of nitrogens with two attached hydrogens (primary N) is 3. The van der Waals surface area contributed by atoms with E-state index in [1.807, 2.05) is 0 Å². The Morgan fingerprint density at radius 2 is 2.18 bits per heavy atom. The second-order valence-electron chi connectivity index (χ2n) is 7.83. The standard InChI is InChI=1S/C21H21N9O5S3/c1-3-4-35-28-13(10-8-37-20(24)25-10)16(31)27-14-17(32)30-15(19(33)34)9(6-36-18(14)30)7-38-21-26-11(22)5-12(23)29(21)2/h1,5,8,14,18H,4,6-7H2,2H3,(H7,22,23,24,25,27,31,33,34)/b28-13-/t14?,18-/m1/s1. The summed E-state index contributed by atoms with van der Waals surface area (Å²) in [5.74, 6) is 0.418. The molecule has 4 heterocycles. The van der Waals surface area contributed by atoms with Crippen molar-refractivity contribution in [2.45, 2.75) is 16.6 Å². The maximum atomic E-state index is 13.0. The van der Waals surface area contributed by atoms with Gasteiger partial charge in [-0.3, -0.25) is 14.5 Å². The largest absolute Gasteiger partial charge is 0.543 e. The van der Waals surface area contributed by atoms with E-state index in [0.29, 0.717) is 16.5 Å². The van der Waals surface area contributed by atoms with Gasteiger partial charge in [0.1, 0.15) is 17.1 Å². The van der Waals surface area contributed by atoms with Crippen molar-refractivity contribution in [3.8, 4) is 12.3 Å². The van der Waals surface area contributed by atoms with E-state index in [-0.39, 0.29) is 46.2 Å². The summed E-state index contributed by atoms with van der Waals surface area (Å²) in [5.41, 5.74) is 17.5. The zero-order chi connectivity index (χ0) is 27.6. The number of carboxylic acids is 1. The third-order valence-electron chi connectivity index (χ3n) is 5.38. The molecule has 1 saturated heterocycles. The van der Waals surface area contributed by atoms with E-state index in [2.05, 4.69) is 26.4 Å². The van der Waals surface area contributed by atoms with Crippen molar-refractivity contribution < 1.29 is 28.9 Å². The number of thiazole rings is 1. The molecular formula is C21H21N9O5S3. The first-order chi connectivity index (χ1) is 18.1. The number of β-lactam (4-membered cyclic amide) rings is 1. The number of oxime groups is 1. The van der Waals surface area contributed by atoms with Crippen LogP contribution < -0.4 is 32.2 Å². The third kappa shape index (κ3) is 5.32. The van der Waals surface area contributed by atoms with Crippen molar-refractivity contribution in [2.24, 2.45) is 12.2 Å². The highest BCUT2D eigenvalue weighted by Crippen LogP contribution is 2.41. The van der Waals surface area contributed by atoms with Gasteiger partial charge in [0.05, 0.1) is 24.8 Å². The minimum absolute atomic E-state index is 0.139. The van der Waals surface area contributed by atoms with Crippen LogP contribution in [0.25, 0.3) is 0 Å². The fraction of sp³-hybridized carbons (Fsp3) is 0.286. The SMILES string of the molecule is C#CCO/N=C(\C(=O)NC1C(=O)N2C(C(=O)[O-])=C(CSc3nc(N)cc(N)[n+]3C)CS[C@H]12)c1csc(N)n1. The molecule has 17 heteroatoms. The minimum atomic E-state index is -1.50. The summed E-state index contributed by atoms with van der Waals surface area (Å²) in [6.07, 6.45) is 5.15. The number of nitrogen functional groups attached to an aromatic ring is 3. The quantitative estimate of drug-likeness (QED) is 0.0361. The predicted octanol–water partition coefficient (Wildman–Crippen LogP) is -2.34. The number of carbonyl (C=O) groups is 3. The maximum Gasteiger partial charge on any atom is 0.301 e. The number of hydrogen-bond acceptors (Lipinski definition) is 14. The van der Waals surface area contributed by atoms with Gasteiger partial charge < -0.3 is 37.3 Å². The van der Waals surface area contributed by atoms with Crippen molar-refractivity contribution in [1.82, 2.24) is 20.2 Å². The molecule has 1 unspecified atom stereocenters. The number of thioether (sulfide) groups is 2. The monoisotopic (exact) mass is 575 g/mol. The smallest absolute Gasteiger partial charge is 0.301 e. The number of terminal acetylenes is 1. The van der Waals surface area contributed by atoms with Crippen LogP contribution in [0.1, 0.15) is 5.69 Å². The van der Waals surface area contributed by atoms with Crippen LogP contribution in [-0.4, -0.2) is 67.9 Å². The van der Waals surface area contributed by atoms with E-state index in [4.69, 9.17) is 28.5 Å². The summed E-state index contributed by atoms with van der Waals surface area (Å²) >= 11 is 3.60. The number of carbonyl (C=O) groups excluding carboxylic acids is 3. The summed E-state index contributed by atoms with van der Waals surface area (Å²) in [4.78, 5) is 52.4. The lowest BCUT2D eigenvalue weighted by Crippen LogP contribution is -2.71. The van der Waals surface area contributed by atoms with Crippen LogP contribution in [0.5, 0.6) is 0 Å². The summed E-state index contributed by atoms with van der Waals surface area (Å²) in [6.45, 7) is -0.193. The van der Waals surface area contributed by atoms with E-state index >= 15 is 0 Å². The Kier molecular flexibility index (Phi) is 7.94. The molecule has 0 aromatic carbocycles. The third-order valence-corrected chi connectivity index (χ3v) is 8.51. The van der Waals surface area contributed by atoms with Crippen LogP contribution in [0, 0.1) is 12.3 Å². The minimum Gasteiger partial charge on any atom is -0.543 e. The second kappa shape index (κ2) is 11.2. The fourth-order valence-corrected chi connectivity index (χ4v) is 6.62. The van der Waals surface area contributed by atoms with Gasteiger partial charge >= 0.3 is 5.16 Å². The van der Waals surface area contributed by atoms with Gasteiger partial charge in [-0.05, 0) is 17.3 Å². The van der Waals surface area contributed by atoms with Crippen LogP contribution in [-0.2, 0) is 26.3 Å². The summed E-state index contributed by atoms with van der Waals surface area (Å²) in [5, 5.41) is 19.9. The topological polar surface area (TPSA) is 219 Å². The van der Waals surface area contributed by atoms with Gasteiger partial charge in [0.15, 0.2) is 17.5 Å². The van der Waals surface area contributed by atoms with E-state index in [1.165, 1.54) is 35.0 Å². The lowest BCUT2D eigenvalue weighted by atomic mass is 10.0. The van der Waals surface area contributed by atoms with E-state index in [0.717, 1.165) is 16.2 Å². The molecule has 7 N–H and O–H groups in total. The van der Waals surface area contributed by atoms with Crippen molar-refractivity contribution in [1.29, 1.82) is 0 Å². The Hall–Kier alpha value is -4.01. The van der Waals surface area contributed by atoms with E-state index in [1.54, 1.807) is 11.6 Å². The normalized spacial score (nSPS) is 18.9. The second-order valence-corrected chi connectivity index (χ2v) is 10.8. The van der Waals surface area contributed by atoms with Crippen molar-refractivity contribution in [3.05, 3.63) is 28.4 Å². The average Bonchev–Trinajstić information content (AvgIpc) is 3.31. The van der Waals surface area contributed by atoms with E-state index in [9.17, 15) is 19.5 Å². The number of aliphatic carboxylic acids is 1. The number of hydrogen-bond donors (Lipinski definition) is 4. The molecule has 2 aromatic rings. The molecule has 0 saturated carbocycles. The first-order valence-corrected chi connectivity index (χ1v) is 13.6. The number of aromatic nitrogens is 3. The molecule has 2 atom stereocenters. The average molecular weight is 576 g/mol. The molecule has 0 radical (unpaired) electrons. The molecule has 4 rings (SSSR count). The number of nitrogens with one attached hydrogen (secondary N) is 1. The Labute approximate surface area is 228 Å². The molecule has 2 aliphatic heterocycles. The van der Waals surface area contributed by atoms with Gasteiger partial charge in [-0.1, -0.05) is 16.1 Å². The van der Waals surface area contributed by atoms with Crippen molar-refractivity contribution in [3.63, 3.8) is 0 Å². The summed E-state index contributed by atoms with van der Waals surface area (Å²) in [6, 6.07) is 0.489. The van der Waals surface area contributed by atoms with Crippen LogP contribution in [0.3, 0.4) is 0 Å². The first-order valence-electron chi connectivity index (χ1n) is 10.7. The van der Waals surface area contributed by atoms with Gasteiger partial charge in [0.25, 0.3) is 11.8 Å². The lowest BCUT2D eigenvalue weighted by Gasteiger charge is -2.50. The molecule has 14 nitrogen and oxygen atoms in total. The van der Waals surface area contributed by atoms with Gasteiger partial charge in [0.2, 0.25) is 11.6 Å². The highest BCUT2D eigenvalue weighted by atomic mass is 32.2. The Morgan fingerprint density at radius 3 is 2.84 bits per heavy atom. The zero-order valence-corrected chi connectivity index (χ0v) is 22.2. The summed E-state index contributed by atoms with van der Waals surface area (Å²) < 4.78 is 1.61. The number of fused-ring (bicyclic) bond motifs is 1. The van der Waals surface area contributed by atoms with Crippen LogP contribution >= 0.6 is 34.9 Å². The molecule has 0 aliphatic carbocycles. The van der Waals surface area contributed by atoms with Crippen LogP contribution in [0.2, 0.25) is 0 Å². The van der Waals surface area contributed by atoms with Crippen LogP contribution in [0.4, 0.5) is 16.8 Å². The molecule has 198 valence electrons. The number of anilines is 3. The number of rotatable bonds is 9. The molecule has 2 aliphatic rings. The van der Waals surface area contributed by atoms with Gasteiger partial charge in [0, 0.05) is 16.9 Å². The highest BCUT2D eigenvalue weighted by Gasteiger charge is 2.53. The Morgan fingerprint density at radius 1 is 1.42 bits per heavy atom. The Balaban J connectivity index is 1.51. The zero-order valence-electron chi connectivity index (χ0n) is 19.7. The molecule has 2 aromatic heterocycles. The number of carboxylic acid groups (broad SMARTS) is 1. The van der Waals surface area contributed by atoms with Crippen molar-refractivity contribution in [2.75, 3.05) is 35.3 Å². The Bertz CT molecular complexity index is 1420. The maximum absolute atomic E-state index is 13.0. The van der Waals surface area contributed by atoms with E-state index < -0.39 is 29.2 Å². The van der Waals surface area contributed by atoms with Crippen LogP contribution in [0.15, 0.2) is 33.0 Å². The number of nitrogens with zero attached hydrogens (tertiary/aromatic N) is 5. The van der Waals surface area contributed by atoms with Gasteiger partial charge in [-0.15, -0.1) is 29.5 Å². The fourth-order valence-electron chi connectivity index (χ4n) is 3.58. The van der Waals surface area contributed by atoms with Crippen molar-refractivity contribution >= 4 is 75.1 Å². The molecule has 0 spiro atoms. The lowest BCUT2D eigenvalue weighted by molar-refractivity contribution is -0.698.